The van der Waals surface area contributed by atoms with Crippen LogP contribution in [0.3, 0.4) is 0 Å². The van der Waals surface area contributed by atoms with Gasteiger partial charge in [-0.1, -0.05) is 15.9 Å². The smallest absolute Gasteiger partial charge is 0.125 e. The summed E-state index contributed by atoms with van der Waals surface area (Å²) in [6.07, 6.45) is 1.69. The number of hydrogen-bond acceptors (Lipinski definition) is 2. The van der Waals surface area contributed by atoms with Gasteiger partial charge in [-0.25, -0.2) is 0 Å². The Morgan fingerprint density at radius 3 is 2.75 bits per heavy atom. The van der Waals surface area contributed by atoms with Crippen LogP contribution in [0.2, 0.25) is 0 Å². The quantitative estimate of drug-likeness (QED) is 0.894. The summed E-state index contributed by atoms with van der Waals surface area (Å²) in [6, 6.07) is 10.3. The standard InChI is InChI=1S/C13H14BrNO/c1-9-6-11(14)8-12(7-9)15-10(2)13-4-3-5-16-13/h3-8,10,15H,1-2H3. The Morgan fingerprint density at radius 2 is 2.12 bits per heavy atom. The minimum absolute atomic E-state index is 0.170. The van der Waals surface area contributed by atoms with Crippen LogP contribution < -0.4 is 5.32 Å². The van der Waals surface area contributed by atoms with Crippen LogP contribution in [-0.4, -0.2) is 0 Å². The van der Waals surface area contributed by atoms with Crippen LogP contribution in [-0.2, 0) is 0 Å². The van der Waals surface area contributed by atoms with Gasteiger partial charge in [0.05, 0.1) is 12.3 Å². The zero-order valence-electron chi connectivity index (χ0n) is 9.33. The molecule has 0 saturated carbocycles. The molecule has 0 aliphatic heterocycles. The summed E-state index contributed by atoms with van der Waals surface area (Å²) < 4.78 is 6.44. The minimum atomic E-state index is 0.170. The Balaban J connectivity index is 2.15. The summed E-state index contributed by atoms with van der Waals surface area (Å²) in [5, 5.41) is 3.40. The molecule has 0 spiro atoms. The highest BCUT2D eigenvalue weighted by Gasteiger charge is 2.08. The Morgan fingerprint density at radius 1 is 1.31 bits per heavy atom. The predicted octanol–water partition coefficient (Wildman–Crippen LogP) is 4.52. The molecule has 1 heterocycles. The third kappa shape index (κ3) is 2.67. The highest BCUT2D eigenvalue weighted by atomic mass is 79.9. The van der Waals surface area contributed by atoms with Gasteiger partial charge < -0.3 is 9.73 Å². The summed E-state index contributed by atoms with van der Waals surface area (Å²) in [7, 11) is 0. The van der Waals surface area contributed by atoms with E-state index in [4.69, 9.17) is 4.42 Å². The van der Waals surface area contributed by atoms with Gasteiger partial charge in [0, 0.05) is 10.2 Å². The molecule has 3 heteroatoms. The fraction of sp³-hybridized carbons (Fsp3) is 0.231. The van der Waals surface area contributed by atoms with E-state index in [0.717, 1.165) is 15.9 Å². The maximum atomic E-state index is 5.35. The highest BCUT2D eigenvalue weighted by Crippen LogP contribution is 2.23. The van der Waals surface area contributed by atoms with Crippen molar-refractivity contribution in [2.45, 2.75) is 19.9 Å². The molecule has 0 saturated heterocycles. The van der Waals surface area contributed by atoms with Gasteiger partial charge in [-0.05, 0) is 49.7 Å². The molecule has 0 aliphatic carbocycles. The van der Waals surface area contributed by atoms with E-state index in [2.05, 4.69) is 53.3 Å². The lowest BCUT2D eigenvalue weighted by molar-refractivity contribution is 0.490. The van der Waals surface area contributed by atoms with Gasteiger partial charge in [0.15, 0.2) is 0 Å². The molecule has 1 N–H and O–H groups in total. The number of furan rings is 1. The molecule has 0 radical (unpaired) electrons. The van der Waals surface area contributed by atoms with Crippen molar-refractivity contribution in [1.29, 1.82) is 0 Å². The molecule has 0 bridgehead atoms. The normalized spacial score (nSPS) is 12.4. The molecule has 2 aromatic rings. The molecule has 1 aromatic heterocycles. The fourth-order valence-corrected chi connectivity index (χ4v) is 2.29. The minimum Gasteiger partial charge on any atom is -0.467 e. The maximum absolute atomic E-state index is 5.35. The molecular weight excluding hydrogens is 266 g/mol. The topological polar surface area (TPSA) is 25.2 Å². The second-order valence-electron chi connectivity index (χ2n) is 3.90. The first-order chi connectivity index (χ1) is 7.65. The first-order valence-electron chi connectivity index (χ1n) is 5.22. The predicted molar refractivity (Wildman–Crippen MR) is 69.6 cm³/mol. The molecule has 2 rings (SSSR count). The second kappa shape index (κ2) is 4.74. The van der Waals surface area contributed by atoms with Crippen LogP contribution in [0.5, 0.6) is 0 Å². The molecule has 1 aromatic carbocycles. The van der Waals surface area contributed by atoms with Crippen LogP contribution in [0.15, 0.2) is 45.5 Å². The zero-order valence-corrected chi connectivity index (χ0v) is 10.9. The Hall–Kier alpha value is -1.22. The van der Waals surface area contributed by atoms with Gasteiger partial charge in [0.2, 0.25) is 0 Å². The van der Waals surface area contributed by atoms with Gasteiger partial charge >= 0.3 is 0 Å². The van der Waals surface area contributed by atoms with E-state index in [1.807, 2.05) is 12.1 Å². The number of rotatable bonds is 3. The van der Waals surface area contributed by atoms with Gasteiger partial charge in [-0.2, -0.15) is 0 Å². The van der Waals surface area contributed by atoms with Crippen LogP contribution in [0.25, 0.3) is 0 Å². The SMILES string of the molecule is Cc1cc(Br)cc(NC(C)c2ccco2)c1. The molecule has 0 aliphatic rings. The Labute approximate surface area is 104 Å². The second-order valence-corrected chi connectivity index (χ2v) is 4.81. The maximum Gasteiger partial charge on any atom is 0.125 e. The first kappa shape index (κ1) is 11.3. The van der Waals surface area contributed by atoms with Gasteiger partial charge in [0.25, 0.3) is 0 Å². The van der Waals surface area contributed by atoms with Crippen LogP contribution in [0.4, 0.5) is 5.69 Å². The molecule has 16 heavy (non-hydrogen) atoms. The van der Waals surface area contributed by atoms with E-state index in [-0.39, 0.29) is 6.04 Å². The average molecular weight is 280 g/mol. The lowest BCUT2D eigenvalue weighted by atomic mass is 10.2. The lowest BCUT2D eigenvalue weighted by Crippen LogP contribution is -2.05. The van der Waals surface area contributed by atoms with Gasteiger partial charge in [-0.3, -0.25) is 0 Å². The third-order valence-electron chi connectivity index (χ3n) is 2.40. The Bertz CT molecular complexity index is 445. The van der Waals surface area contributed by atoms with E-state index >= 15 is 0 Å². The van der Waals surface area contributed by atoms with Crippen molar-refractivity contribution in [2.75, 3.05) is 5.32 Å². The van der Waals surface area contributed by atoms with Crippen molar-refractivity contribution in [3.05, 3.63) is 52.4 Å². The molecule has 2 nitrogen and oxygen atoms in total. The van der Waals surface area contributed by atoms with E-state index in [1.165, 1.54) is 5.56 Å². The van der Waals surface area contributed by atoms with E-state index in [0.29, 0.717) is 0 Å². The van der Waals surface area contributed by atoms with Crippen molar-refractivity contribution in [3.63, 3.8) is 0 Å². The highest BCUT2D eigenvalue weighted by molar-refractivity contribution is 9.10. The van der Waals surface area contributed by atoms with Gasteiger partial charge in [0.1, 0.15) is 5.76 Å². The van der Waals surface area contributed by atoms with E-state index in [9.17, 15) is 0 Å². The van der Waals surface area contributed by atoms with Crippen LogP contribution in [0.1, 0.15) is 24.3 Å². The number of hydrogen-bond donors (Lipinski definition) is 1. The molecular formula is C13H14BrNO. The fourth-order valence-electron chi connectivity index (χ4n) is 1.68. The number of aryl methyl sites for hydroxylation is 1. The molecule has 0 fully saturated rings. The molecule has 0 amide bonds. The third-order valence-corrected chi connectivity index (χ3v) is 2.85. The van der Waals surface area contributed by atoms with Gasteiger partial charge in [-0.15, -0.1) is 0 Å². The largest absolute Gasteiger partial charge is 0.467 e. The summed E-state index contributed by atoms with van der Waals surface area (Å²) in [5.74, 6) is 0.942. The molecule has 1 atom stereocenters. The zero-order chi connectivity index (χ0) is 11.5. The number of nitrogens with one attached hydrogen (secondary N) is 1. The Kier molecular flexibility index (Phi) is 3.34. The van der Waals surface area contributed by atoms with Crippen molar-refractivity contribution < 1.29 is 4.42 Å². The average Bonchev–Trinajstić information content (AvgIpc) is 2.68. The van der Waals surface area contributed by atoms with E-state index in [1.54, 1.807) is 6.26 Å². The van der Waals surface area contributed by atoms with Crippen molar-refractivity contribution in [1.82, 2.24) is 0 Å². The molecule has 1 unspecified atom stereocenters. The first-order valence-corrected chi connectivity index (χ1v) is 6.01. The van der Waals surface area contributed by atoms with Crippen LogP contribution >= 0.6 is 15.9 Å². The number of halogens is 1. The monoisotopic (exact) mass is 279 g/mol. The summed E-state index contributed by atoms with van der Waals surface area (Å²) in [4.78, 5) is 0. The summed E-state index contributed by atoms with van der Waals surface area (Å²) >= 11 is 3.49. The number of benzene rings is 1. The lowest BCUT2D eigenvalue weighted by Gasteiger charge is -2.13. The summed E-state index contributed by atoms with van der Waals surface area (Å²) in [6.45, 7) is 4.16. The van der Waals surface area contributed by atoms with Crippen molar-refractivity contribution in [3.8, 4) is 0 Å². The van der Waals surface area contributed by atoms with Crippen molar-refractivity contribution >= 4 is 21.6 Å². The van der Waals surface area contributed by atoms with E-state index < -0.39 is 0 Å². The molecule has 84 valence electrons. The van der Waals surface area contributed by atoms with Crippen LogP contribution in [0, 0.1) is 6.92 Å². The number of anilines is 1. The van der Waals surface area contributed by atoms with Crippen molar-refractivity contribution in [2.24, 2.45) is 0 Å². The summed E-state index contributed by atoms with van der Waals surface area (Å²) in [5.41, 5.74) is 2.32.